The van der Waals surface area contributed by atoms with Crippen LogP contribution in [0.1, 0.15) is 29.9 Å². The van der Waals surface area contributed by atoms with Crippen molar-refractivity contribution in [3.05, 3.63) is 33.8 Å². The number of aromatic nitrogens is 4. The molecule has 0 aromatic carbocycles. The molecule has 0 atom stereocenters. The minimum atomic E-state index is 0.0717. The molecule has 2 aromatic heterocycles. The Hall–Kier alpha value is -2.18. The van der Waals surface area contributed by atoms with Gasteiger partial charge in [-0.3, -0.25) is 9.36 Å². The van der Waals surface area contributed by atoms with Gasteiger partial charge in [-0.05, 0) is 39.5 Å². The van der Waals surface area contributed by atoms with Crippen molar-refractivity contribution in [1.82, 2.24) is 19.7 Å². The Balaban J connectivity index is 1.63. The van der Waals surface area contributed by atoms with E-state index in [0.717, 1.165) is 43.7 Å². The van der Waals surface area contributed by atoms with Crippen molar-refractivity contribution in [1.29, 1.82) is 0 Å². The van der Waals surface area contributed by atoms with E-state index >= 15 is 0 Å². The van der Waals surface area contributed by atoms with E-state index in [1.54, 1.807) is 10.9 Å². The summed E-state index contributed by atoms with van der Waals surface area (Å²) in [7, 11) is 0. The van der Waals surface area contributed by atoms with E-state index in [1.807, 2.05) is 20.8 Å². The Bertz CT molecular complexity index is 713. The van der Waals surface area contributed by atoms with E-state index in [1.165, 1.54) is 0 Å². The van der Waals surface area contributed by atoms with Gasteiger partial charge in [0.2, 0.25) is 0 Å². The topological polar surface area (TPSA) is 77.0 Å². The molecule has 3 heterocycles. The maximum absolute atomic E-state index is 12.2. The second-order valence-electron chi connectivity index (χ2n) is 5.97. The number of hydrogen-bond donors (Lipinski definition) is 0. The second kappa shape index (κ2) is 5.90. The molecule has 0 unspecified atom stereocenters. The van der Waals surface area contributed by atoms with E-state index < -0.39 is 0 Å². The standard InChI is InChI=1S/C15H21N5O2/c1-10-11(2)16-9-20(14(10)21)8-13-4-6-19(7-5-13)15-17-12(3)18-22-15/h9,13H,4-8H2,1-3H3. The predicted octanol–water partition coefficient (Wildman–Crippen LogP) is 1.47. The molecule has 0 bridgehead atoms. The molecule has 0 radical (unpaired) electrons. The number of rotatable bonds is 3. The van der Waals surface area contributed by atoms with Crippen LogP contribution in [-0.2, 0) is 6.54 Å². The van der Waals surface area contributed by atoms with Crippen molar-refractivity contribution in [3.63, 3.8) is 0 Å². The van der Waals surface area contributed by atoms with E-state index in [9.17, 15) is 4.79 Å². The van der Waals surface area contributed by atoms with E-state index in [4.69, 9.17) is 4.52 Å². The molecule has 1 aliphatic heterocycles. The van der Waals surface area contributed by atoms with Gasteiger partial charge in [0.05, 0.1) is 6.33 Å². The van der Waals surface area contributed by atoms with E-state index in [2.05, 4.69) is 20.0 Å². The van der Waals surface area contributed by atoms with Gasteiger partial charge in [0, 0.05) is 30.9 Å². The van der Waals surface area contributed by atoms with Gasteiger partial charge in [-0.25, -0.2) is 4.98 Å². The van der Waals surface area contributed by atoms with Crippen molar-refractivity contribution in [2.75, 3.05) is 18.0 Å². The van der Waals surface area contributed by atoms with Crippen LogP contribution in [0.15, 0.2) is 15.6 Å². The Kier molecular flexibility index (Phi) is 3.96. The lowest BCUT2D eigenvalue weighted by atomic mass is 9.97. The van der Waals surface area contributed by atoms with Crippen LogP contribution in [-0.4, -0.2) is 32.8 Å². The number of nitrogens with zero attached hydrogens (tertiary/aromatic N) is 5. The molecule has 7 heteroatoms. The lowest BCUT2D eigenvalue weighted by Gasteiger charge is -2.30. The molecule has 0 saturated carbocycles. The molecule has 0 aliphatic carbocycles. The molecule has 7 nitrogen and oxygen atoms in total. The maximum atomic E-state index is 12.2. The van der Waals surface area contributed by atoms with Crippen LogP contribution in [0.3, 0.4) is 0 Å². The summed E-state index contributed by atoms with van der Waals surface area (Å²) in [6.45, 7) is 7.99. The van der Waals surface area contributed by atoms with Gasteiger partial charge in [-0.15, -0.1) is 0 Å². The van der Waals surface area contributed by atoms with Crippen LogP contribution in [0, 0.1) is 26.7 Å². The average Bonchev–Trinajstić information content (AvgIpc) is 2.95. The summed E-state index contributed by atoms with van der Waals surface area (Å²) < 4.78 is 6.94. The molecular weight excluding hydrogens is 282 g/mol. The zero-order valence-corrected chi connectivity index (χ0v) is 13.2. The van der Waals surface area contributed by atoms with Gasteiger partial charge < -0.3 is 9.42 Å². The smallest absolute Gasteiger partial charge is 0.324 e. The second-order valence-corrected chi connectivity index (χ2v) is 5.97. The lowest BCUT2D eigenvalue weighted by molar-refractivity contribution is 0.330. The monoisotopic (exact) mass is 303 g/mol. The largest absolute Gasteiger partial charge is 0.324 e. The maximum Gasteiger partial charge on any atom is 0.324 e. The zero-order chi connectivity index (χ0) is 15.7. The molecule has 0 N–H and O–H groups in total. The first-order chi connectivity index (χ1) is 10.5. The first kappa shape index (κ1) is 14.7. The normalized spacial score (nSPS) is 16.2. The predicted molar refractivity (Wildman–Crippen MR) is 81.9 cm³/mol. The quantitative estimate of drug-likeness (QED) is 0.854. The van der Waals surface area contributed by atoms with E-state index in [-0.39, 0.29) is 5.56 Å². The molecular formula is C15H21N5O2. The first-order valence-electron chi connectivity index (χ1n) is 7.62. The Morgan fingerprint density at radius 3 is 2.64 bits per heavy atom. The van der Waals surface area contributed by atoms with Gasteiger partial charge in [0.15, 0.2) is 5.82 Å². The number of aryl methyl sites for hydroxylation is 2. The van der Waals surface area contributed by atoms with Crippen molar-refractivity contribution < 1.29 is 4.52 Å². The van der Waals surface area contributed by atoms with Crippen molar-refractivity contribution in [2.24, 2.45) is 5.92 Å². The molecule has 3 rings (SSSR count). The van der Waals surface area contributed by atoms with Crippen LogP contribution < -0.4 is 10.5 Å². The molecule has 2 aromatic rings. The van der Waals surface area contributed by atoms with Crippen molar-refractivity contribution >= 4 is 6.01 Å². The molecule has 22 heavy (non-hydrogen) atoms. The summed E-state index contributed by atoms with van der Waals surface area (Å²) in [6, 6.07) is 0.598. The fourth-order valence-electron chi connectivity index (χ4n) is 2.81. The Morgan fingerprint density at radius 2 is 2.00 bits per heavy atom. The van der Waals surface area contributed by atoms with Gasteiger partial charge in [0.1, 0.15) is 0 Å². The number of anilines is 1. The summed E-state index contributed by atoms with van der Waals surface area (Å²) in [6.07, 6.45) is 3.67. The van der Waals surface area contributed by atoms with Gasteiger partial charge in [-0.2, -0.15) is 4.98 Å². The third kappa shape index (κ3) is 2.88. The summed E-state index contributed by atoms with van der Waals surface area (Å²) in [4.78, 5) is 22.9. The van der Waals surface area contributed by atoms with Crippen LogP contribution >= 0.6 is 0 Å². The molecule has 1 fully saturated rings. The minimum absolute atomic E-state index is 0.0717. The van der Waals surface area contributed by atoms with Gasteiger partial charge in [0.25, 0.3) is 5.56 Å². The average molecular weight is 303 g/mol. The van der Waals surface area contributed by atoms with Crippen LogP contribution in [0.2, 0.25) is 0 Å². The Labute approximate surface area is 129 Å². The third-order valence-corrected chi connectivity index (χ3v) is 4.37. The highest BCUT2D eigenvalue weighted by atomic mass is 16.5. The third-order valence-electron chi connectivity index (χ3n) is 4.37. The lowest BCUT2D eigenvalue weighted by Crippen LogP contribution is -2.37. The van der Waals surface area contributed by atoms with Crippen LogP contribution in [0.4, 0.5) is 6.01 Å². The molecule has 118 valence electrons. The molecule has 0 spiro atoms. The fraction of sp³-hybridized carbons (Fsp3) is 0.600. The first-order valence-corrected chi connectivity index (χ1v) is 7.62. The highest BCUT2D eigenvalue weighted by molar-refractivity contribution is 5.25. The highest BCUT2D eigenvalue weighted by Crippen LogP contribution is 2.22. The van der Waals surface area contributed by atoms with Gasteiger partial charge >= 0.3 is 6.01 Å². The zero-order valence-electron chi connectivity index (χ0n) is 13.2. The van der Waals surface area contributed by atoms with Crippen LogP contribution in [0.25, 0.3) is 0 Å². The van der Waals surface area contributed by atoms with Crippen molar-refractivity contribution in [3.8, 4) is 0 Å². The molecule has 1 aliphatic rings. The summed E-state index contributed by atoms with van der Waals surface area (Å²) in [5.74, 6) is 1.13. The minimum Gasteiger partial charge on any atom is -0.324 e. The number of piperidine rings is 1. The fourth-order valence-corrected chi connectivity index (χ4v) is 2.81. The summed E-state index contributed by atoms with van der Waals surface area (Å²) >= 11 is 0. The molecule has 0 amide bonds. The van der Waals surface area contributed by atoms with E-state index in [0.29, 0.717) is 17.8 Å². The summed E-state index contributed by atoms with van der Waals surface area (Å²) in [5.41, 5.74) is 1.62. The van der Waals surface area contributed by atoms with Crippen LogP contribution in [0.5, 0.6) is 0 Å². The van der Waals surface area contributed by atoms with Gasteiger partial charge in [-0.1, -0.05) is 5.16 Å². The van der Waals surface area contributed by atoms with Crippen molar-refractivity contribution in [2.45, 2.75) is 40.2 Å². The molecule has 1 saturated heterocycles. The number of hydrogen-bond acceptors (Lipinski definition) is 6. The Morgan fingerprint density at radius 1 is 1.27 bits per heavy atom. The summed E-state index contributed by atoms with van der Waals surface area (Å²) in [5, 5.41) is 3.83. The SMILES string of the molecule is Cc1noc(N2CCC(Cn3cnc(C)c(C)c3=O)CC2)n1. The highest BCUT2D eigenvalue weighted by Gasteiger charge is 2.23.